The topological polar surface area (TPSA) is 0 Å². The molecular formula is FMoNiW. The van der Waals surface area contributed by atoms with Crippen LogP contribution < -0.4 is 0 Å². The van der Waals surface area contributed by atoms with E-state index < -0.39 is 0 Å². The van der Waals surface area contributed by atoms with Crippen LogP contribution in [0.2, 0.25) is 0 Å². The molecule has 0 saturated carbocycles. The molecule has 0 aliphatic heterocycles. The van der Waals surface area contributed by atoms with Crippen molar-refractivity contribution in [3.05, 3.63) is 0 Å². The standard InChI is InChI=1S/FH.Mo.Ni.W/h1H;;;/q;+1;;/p-1. The Balaban J connectivity index is -0.00000000500. The number of halogens is 1. The summed E-state index contributed by atoms with van der Waals surface area (Å²) in [6.45, 7) is 0. The molecule has 0 spiro atoms. The Hall–Kier alpha value is 1.80. The van der Waals surface area contributed by atoms with Crippen LogP contribution in [0.25, 0.3) is 0 Å². The van der Waals surface area contributed by atoms with Crippen LogP contribution in [0.5, 0.6) is 0 Å². The predicted molar refractivity (Wildman–Crippen MR) is 1.11 cm³/mol. The molecule has 0 aliphatic carbocycles. The van der Waals surface area contributed by atoms with Gasteiger partial charge in [0, 0.05) is 37.6 Å². The summed E-state index contributed by atoms with van der Waals surface area (Å²) in [5.41, 5.74) is 0. The first-order valence-corrected chi connectivity index (χ1v) is 0.913. The molecule has 0 bridgehead atoms. The van der Waals surface area contributed by atoms with Crippen molar-refractivity contribution in [2.45, 2.75) is 0 Å². The molecule has 4 heteroatoms. The Morgan fingerprint density at radius 1 is 1.25 bits per heavy atom. The third-order valence-corrected chi connectivity index (χ3v) is 0. The van der Waals surface area contributed by atoms with Crippen LogP contribution in [0.15, 0.2) is 0 Å². The molecule has 0 heterocycles. The molecule has 0 radical (unpaired) electrons. The third-order valence-electron chi connectivity index (χ3n) is 0. The fourth-order valence-electron chi connectivity index (χ4n) is 0. The van der Waals surface area contributed by atoms with Gasteiger partial charge in [-0.15, -0.1) is 0 Å². The molecule has 0 unspecified atom stereocenters. The molecule has 4 heavy (non-hydrogen) atoms. The van der Waals surface area contributed by atoms with Crippen LogP contribution in [0.4, 0.5) is 3.16 Å². The molecular weight excluding hydrogens is 357 g/mol. The van der Waals surface area contributed by atoms with Crippen molar-refractivity contribution in [3.8, 4) is 0 Å². The van der Waals surface area contributed by atoms with E-state index in [1.165, 1.54) is 0 Å². The van der Waals surface area contributed by atoms with Gasteiger partial charge in [-0.05, 0) is 0 Å². The molecule has 0 N–H and O–H groups in total. The molecule has 0 aromatic heterocycles. The first kappa shape index (κ1) is 17.0. The fraction of sp³-hybridized carbons (Fsp3) is 0. The van der Waals surface area contributed by atoms with Gasteiger partial charge in [-0.25, -0.2) is 0 Å². The smallest absolute Gasteiger partial charge is 0 e. The van der Waals surface area contributed by atoms with Gasteiger partial charge in [0.05, 0.1) is 0 Å². The van der Waals surface area contributed by atoms with Gasteiger partial charge in [0.1, 0.15) is 0 Å². The minimum atomic E-state index is 0. The van der Waals surface area contributed by atoms with E-state index >= 15 is 0 Å². The van der Waals surface area contributed by atoms with E-state index in [0.717, 1.165) is 0 Å². The van der Waals surface area contributed by atoms with Gasteiger partial charge in [0.15, 0.2) is 0 Å². The average Bonchev–Trinajstić information content (AvgIpc) is 1.00. The van der Waals surface area contributed by atoms with E-state index in [1.807, 2.05) is 0 Å². The fourth-order valence-corrected chi connectivity index (χ4v) is 0. The first-order valence-electron chi connectivity index (χ1n) is 0.154. The average molecular weight is 357 g/mol. The Bertz CT molecular complexity index is 8.00. The van der Waals surface area contributed by atoms with E-state index in [1.54, 1.807) is 0 Å². The summed E-state index contributed by atoms with van der Waals surface area (Å²) in [6.07, 6.45) is 0. The predicted octanol–water partition coefficient (Wildman–Crippen LogP) is 0.413. The van der Waals surface area contributed by atoms with E-state index in [0.29, 0.717) is 20.3 Å². The van der Waals surface area contributed by atoms with Crippen LogP contribution >= 0.6 is 0 Å². The van der Waals surface area contributed by atoms with Crippen LogP contribution in [0.3, 0.4) is 0 Å². The zero-order chi connectivity index (χ0) is 2.00. The van der Waals surface area contributed by atoms with Crippen molar-refractivity contribution in [1.82, 2.24) is 0 Å². The second kappa shape index (κ2) is 21.4. The SMILES string of the molecule is [F][Mo].[Ni].[W]. The maximum atomic E-state index is 9.51. The summed E-state index contributed by atoms with van der Waals surface area (Å²) in [6, 6.07) is 0. The van der Waals surface area contributed by atoms with Crippen LogP contribution in [0, 0.1) is 0 Å². The van der Waals surface area contributed by atoms with Gasteiger partial charge >= 0.3 is 23.5 Å². The number of rotatable bonds is 0. The van der Waals surface area contributed by atoms with E-state index in [-0.39, 0.29) is 37.6 Å². The molecule has 0 saturated heterocycles. The monoisotopic (exact) mass is 359 g/mol. The Labute approximate surface area is 60.6 Å². The summed E-state index contributed by atoms with van der Waals surface area (Å²) >= 11 is 0.450. The van der Waals surface area contributed by atoms with Gasteiger partial charge in [0.25, 0.3) is 0 Å². The number of hydrogen-bond donors (Lipinski definition) is 0. The Morgan fingerprint density at radius 2 is 1.25 bits per heavy atom. The van der Waals surface area contributed by atoms with Crippen LogP contribution in [-0.4, -0.2) is 0 Å². The van der Waals surface area contributed by atoms with Crippen molar-refractivity contribution in [2.24, 2.45) is 0 Å². The van der Waals surface area contributed by atoms with Crippen molar-refractivity contribution in [1.29, 1.82) is 0 Å². The van der Waals surface area contributed by atoms with Gasteiger partial charge in [-0.2, -0.15) is 0 Å². The van der Waals surface area contributed by atoms with Gasteiger partial charge < -0.3 is 0 Å². The molecule has 29 valence electrons. The minimum absolute atomic E-state index is 0. The molecule has 0 aromatic rings. The quantitative estimate of drug-likeness (QED) is 0.551. The Morgan fingerprint density at radius 3 is 1.25 bits per heavy atom. The second-order valence-corrected chi connectivity index (χ2v) is 0. The zero-order valence-corrected chi connectivity index (χ0v) is 7.44. The van der Waals surface area contributed by atoms with Crippen molar-refractivity contribution >= 4 is 0 Å². The summed E-state index contributed by atoms with van der Waals surface area (Å²) in [4.78, 5) is 0. The molecule has 0 fully saturated rings. The third kappa shape index (κ3) is 9.19. The summed E-state index contributed by atoms with van der Waals surface area (Å²) in [7, 11) is 0. The van der Waals surface area contributed by atoms with Gasteiger partial charge in [-0.3, -0.25) is 0 Å². The first-order chi connectivity index (χ1) is 1.00. The molecule has 0 amide bonds. The normalized spacial score (nSPS) is 1.25. The molecule has 0 atom stereocenters. The molecule has 0 rings (SSSR count). The summed E-state index contributed by atoms with van der Waals surface area (Å²) < 4.78 is 9.51. The van der Waals surface area contributed by atoms with Crippen molar-refractivity contribution in [3.63, 3.8) is 0 Å². The van der Waals surface area contributed by atoms with Crippen LogP contribution in [0.1, 0.15) is 0 Å². The van der Waals surface area contributed by atoms with E-state index in [9.17, 15) is 3.16 Å². The second-order valence-electron chi connectivity index (χ2n) is 0. The zero-order valence-electron chi connectivity index (χ0n) is 1.51. The van der Waals surface area contributed by atoms with Crippen molar-refractivity contribution in [2.75, 3.05) is 0 Å². The maximum Gasteiger partial charge on any atom is 0 e. The van der Waals surface area contributed by atoms with Crippen LogP contribution in [-0.2, 0) is 57.9 Å². The number of hydrogen-bond acceptors (Lipinski definition) is 0. The maximum absolute atomic E-state index is 9.51. The molecule has 0 aromatic carbocycles. The van der Waals surface area contributed by atoms with Crippen molar-refractivity contribution < 1.29 is 61.1 Å². The van der Waals surface area contributed by atoms with E-state index in [4.69, 9.17) is 0 Å². The molecule has 0 nitrogen and oxygen atoms in total. The van der Waals surface area contributed by atoms with E-state index in [2.05, 4.69) is 0 Å². The molecule has 0 aliphatic rings. The minimum Gasteiger partial charge on any atom is 0 e. The largest absolute Gasteiger partial charge is 0 e. The summed E-state index contributed by atoms with van der Waals surface area (Å²) in [5.74, 6) is 0. The van der Waals surface area contributed by atoms with Gasteiger partial charge in [0.2, 0.25) is 0 Å². The van der Waals surface area contributed by atoms with Gasteiger partial charge in [-0.1, -0.05) is 0 Å². The Kier molecular flexibility index (Phi) is 91.2. The summed E-state index contributed by atoms with van der Waals surface area (Å²) in [5, 5.41) is 0.